The number of aryl methyl sites for hydroxylation is 2. The van der Waals surface area contributed by atoms with Crippen LogP contribution < -0.4 is 9.46 Å². The van der Waals surface area contributed by atoms with Gasteiger partial charge in [-0.2, -0.15) is 4.98 Å². The molecule has 2 aliphatic heterocycles. The van der Waals surface area contributed by atoms with Crippen molar-refractivity contribution in [2.24, 2.45) is 0 Å². The van der Waals surface area contributed by atoms with Crippen LogP contribution in [0.25, 0.3) is 22.5 Å². The molecule has 5 heterocycles. The van der Waals surface area contributed by atoms with Crippen LogP contribution in [0.3, 0.4) is 0 Å². The SMILES string of the molecule is Cc1cccc(C)c1-c1cc2nc(n1)NS(=O)(=O)c1cccc(c1)C(=O)N(Cc1cnc3oc(C(C)C)cc3n1)[C@H](CC1CCCO1)CO2. The molecule has 7 rings (SSSR count). The summed E-state index contributed by atoms with van der Waals surface area (Å²) in [6.07, 6.45) is 3.78. The number of ether oxygens (including phenoxy) is 2. The van der Waals surface area contributed by atoms with E-state index in [1.165, 1.54) is 12.1 Å². The zero-order valence-electron chi connectivity index (χ0n) is 27.8. The average Bonchev–Trinajstić information content (AvgIpc) is 3.75. The first kappa shape index (κ1) is 32.7. The van der Waals surface area contributed by atoms with Crippen molar-refractivity contribution in [3.8, 4) is 17.1 Å². The van der Waals surface area contributed by atoms with E-state index in [0.29, 0.717) is 35.6 Å². The Balaban J connectivity index is 1.34. The molecular formula is C36H38N6O6S. The predicted molar refractivity (Wildman–Crippen MR) is 183 cm³/mol. The van der Waals surface area contributed by atoms with E-state index >= 15 is 0 Å². The van der Waals surface area contributed by atoms with Crippen LogP contribution in [0.2, 0.25) is 0 Å². The molecule has 1 fully saturated rings. The molecule has 2 atom stereocenters. The molecule has 254 valence electrons. The molecule has 1 amide bonds. The number of furan rings is 1. The molecule has 4 bridgehead atoms. The summed E-state index contributed by atoms with van der Waals surface area (Å²) < 4.78 is 48.2. The number of nitrogens with zero attached hydrogens (tertiary/aromatic N) is 5. The second-order valence-corrected chi connectivity index (χ2v) is 14.6. The van der Waals surface area contributed by atoms with Crippen LogP contribution in [0.5, 0.6) is 5.88 Å². The zero-order valence-corrected chi connectivity index (χ0v) is 28.7. The quantitative estimate of drug-likeness (QED) is 0.220. The number of fused-ring (bicyclic) bond motifs is 5. The van der Waals surface area contributed by atoms with Crippen molar-refractivity contribution in [2.75, 3.05) is 17.9 Å². The summed E-state index contributed by atoms with van der Waals surface area (Å²) in [6.45, 7) is 8.78. The van der Waals surface area contributed by atoms with Crippen molar-refractivity contribution in [3.63, 3.8) is 0 Å². The number of amides is 1. The van der Waals surface area contributed by atoms with Gasteiger partial charge in [-0.3, -0.25) is 4.79 Å². The fraction of sp³-hybridized carbons (Fsp3) is 0.361. The third-order valence-corrected chi connectivity index (χ3v) is 10.3. The third kappa shape index (κ3) is 6.86. The Morgan fingerprint density at radius 1 is 1.02 bits per heavy atom. The molecule has 0 radical (unpaired) electrons. The van der Waals surface area contributed by atoms with Gasteiger partial charge < -0.3 is 18.8 Å². The molecule has 2 aliphatic rings. The average molecular weight is 683 g/mol. The van der Waals surface area contributed by atoms with Crippen LogP contribution in [0.4, 0.5) is 5.95 Å². The van der Waals surface area contributed by atoms with Crippen LogP contribution >= 0.6 is 0 Å². The van der Waals surface area contributed by atoms with Gasteiger partial charge in [0.05, 0.1) is 41.2 Å². The van der Waals surface area contributed by atoms with E-state index in [1.807, 2.05) is 52.0 Å². The Morgan fingerprint density at radius 2 is 1.82 bits per heavy atom. The molecule has 1 unspecified atom stereocenters. The highest BCUT2D eigenvalue weighted by Gasteiger charge is 2.32. The van der Waals surface area contributed by atoms with E-state index in [1.54, 1.807) is 29.3 Å². The topological polar surface area (TPSA) is 150 Å². The summed E-state index contributed by atoms with van der Waals surface area (Å²) in [5.74, 6) is 0.578. The maximum Gasteiger partial charge on any atom is 0.264 e. The number of carbonyl (C=O) groups excluding carboxylic acids is 1. The number of hydrogen-bond donors (Lipinski definition) is 1. The van der Waals surface area contributed by atoms with Crippen LogP contribution in [-0.2, 0) is 21.3 Å². The first-order valence-corrected chi connectivity index (χ1v) is 17.9. The molecular weight excluding hydrogens is 644 g/mol. The molecule has 12 nitrogen and oxygen atoms in total. The van der Waals surface area contributed by atoms with Gasteiger partial charge in [0.25, 0.3) is 15.9 Å². The minimum absolute atomic E-state index is 0.0551. The van der Waals surface area contributed by atoms with Gasteiger partial charge in [-0.15, -0.1) is 0 Å². The van der Waals surface area contributed by atoms with Crippen LogP contribution in [0, 0.1) is 13.8 Å². The largest absolute Gasteiger partial charge is 0.475 e. The molecule has 0 saturated carbocycles. The molecule has 13 heteroatoms. The van der Waals surface area contributed by atoms with Gasteiger partial charge in [0, 0.05) is 35.8 Å². The lowest BCUT2D eigenvalue weighted by atomic mass is 10.00. The van der Waals surface area contributed by atoms with E-state index in [-0.39, 0.29) is 53.4 Å². The summed E-state index contributed by atoms with van der Waals surface area (Å²) >= 11 is 0. The van der Waals surface area contributed by atoms with Gasteiger partial charge in [-0.1, -0.05) is 38.1 Å². The second kappa shape index (κ2) is 13.2. The van der Waals surface area contributed by atoms with E-state index in [2.05, 4.69) is 19.7 Å². The molecule has 1 saturated heterocycles. The lowest BCUT2D eigenvalue weighted by Gasteiger charge is -2.33. The van der Waals surface area contributed by atoms with Crippen molar-refractivity contribution in [3.05, 3.63) is 88.9 Å². The molecule has 49 heavy (non-hydrogen) atoms. The minimum atomic E-state index is -4.19. The van der Waals surface area contributed by atoms with Crippen LogP contribution in [0.15, 0.2) is 70.1 Å². The van der Waals surface area contributed by atoms with Gasteiger partial charge in [0.2, 0.25) is 17.5 Å². The summed E-state index contributed by atoms with van der Waals surface area (Å²) in [5, 5.41) is 0. The van der Waals surface area contributed by atoms with Crippen LogP contribution in [0.1, 0.15) is 72.0 Å². The third-order valence-electron chi connectivity index (χ3n) is 8.95. The maximum absolute atomic E-state index is 14.5. The number of sulfonamides is 1. The number of aromatic nitrogens is 4. The number of rotatable bonds is 6. The summed E-state index contributed by atoms with van der Waals surface area (Å²) in [6, 6.07) is 14.9. The lowest BCUT2D eigenvalue weighted by Crippen LogP contribution is -2.45. The van der Waals surface area contributed by atoms with E-state index in [4.69, 9.17) is 18.9 Å². The Bertz CT molecular complexity index is 2120. The normalized spacial score (nSPS) is 19.2. The molecule has 3 aromatic heterocycles. The second-order valence-electron chi connectivity index (χ2n) is 12.9. The number of hydrogen-bond acceptors (Lipinski definition) is 10. The van der Waals surface area contributed by atoms with Crippen molar-refractivity contribution >= 4 is 33.1 Å². The van der Waals surface area contributed by atoms with E-state index in [0.717, 1.165) is 35.3 Å². The van der Waals surface area contributed by atoms with Gasteiger partial charge >= 0.3 is 0 Å². The Labute approximate surface area is 285 Å². The smallest absolute Gasteiger partial charge is 0.264 e. The first-order valence-electron chi connectivity index (χ1n) is 16.4. The highest BCUT2D eigenvalue weighted by Crippen LogP contribution is 2.31. The summed E-state index contributed by atoms with van der Waals surface area (Å²) in [5.41, 5.74) is 5.05. The first-order chi connectivity index (χ1) is 23.5. The number of benzene rings is 2. The Kier molecular flexibility index (Phi) is 8.80. The van der Waals surface area contributed by atoms with Crippen molar-refractivity contribution in [1.29, 1.82) is 0 Å². The van der Waals surface area contributed by atoms with Gasteiger partial charge in [0.1, 0.15) is 17.9 Å². The van der Waals surface area contributed by atoms with E-state index in [9.17, 15) is 13.2 Å². The highest BCUT2D eigenvalue weighted by molar-refractivity contribution is 7.92. The Morgan fingerprint density at radius 3 is 2.57 bits per heavy atom. The van der Waals surface area contributed by atoms with Crippen molar-refractivity contribution in [1.82, 2.24) is 24.8 Å². The van der Waals surface area contributed by atoms with E-state index < -0.39 is 16.1 Å². The fourth-order valence-corrected chi connectivity index (χ4v) is 7.40. The van der Waals surface area contributed by atoms with Gasteiger partial charge in [-0.25, -0.2) is 28.1 Å². The lowest BCUT2D eigenvalue weighted by molar-refractivity contribution is 0.0369. The monoisotopic (exact) mass is 682 g/mol. The predicted octanol–water partition coefficient (Wildman–Crippen LogP) is 6.19. The van der Waals surface area contributed by atoms with Crippen LogP contribution in [-0.4, -0.2) is 64.5 Å². The summed E-state index contributed by atoms with van der Waals surface area (Å²) in [7, 11) is -4.19. The molecule has 0 spiro atoms. The number of carbonyl (C=O) groups is 1. The molecule has 1 N–H and O–H groups in total. The zero-order chi connectivity index (χ0) is 34.3. The van der Waals surface area contributed by atoms with Crippen molar-refractivity contribution < 1.29 is 27.1 Å². The summed E-state index contributed by atoms with van der Waals surface area (Å²) in [4.78, 5) is 34.4. The van der Waals surface area contributed by atoms with Gasteiger partial charge in [-0.05, 0) is 62.4 Å². The fourth-order valence-electron chi connectivity index (χ4n) is 6.41. The molecule has 0 aliphatic carbocycles. The number of anilines is 1. The highest BCUT2D eigenvalue weighted by atomic mass is 32.2. The molecule has 2 aromatic carbocycles. The standard InChI is InChI=1S/C36H38N6O6S/c1-21(2)31-16-30-34(48-31)37-18-25(38-30)19-42-26(15-27-11-7-13-46-27)20-47-32-17-29(33-22(3)8-5-9-23(33)4)39-36(40-32)41-49(44,45)28-12-6-10-24(14-28)35(42)43/h5-6,8-10,12,14,16-18,21,26-27H,7,11,13,15,19-20H2,1-4H3,(H,39,40,41)/t26-,27?/m1/s1. The van der Waals surface area contributed by atoms with Gasteiger partial charge in [0.15, 0.2) is 0 Å². The Hall–Kier alpha value is -4.88. The maximum atomic E-state index is 14.5. The number of nitrogens with one attached hydrogen (secondary N) is 1. The van der Waals surface area contributed by atoms with Crippen molar-refractivity contribution in [2.45, 2.75) is 76.5 Å². The molecule has 5 aromatic rings. The minimum Gasteiger partial charge on any atom is -0.475 e.